The Hall–Kier alpha value is -1.02. The van der Waals surface area contributed by atoms with Crippen LogP contribution in [0, 0.1) is 0 Å². The molecule has 0 bridgehead atoms. The molecule has 0 unspecified atom stereocenters. The second-order valence-electron chi connectivity index (χ2n) is 2.71. The first-order valence-corrected chi connectivity index (χ1v) is 4.50. The maximum atomic E-state index is 5.80. The molecule has 0 saturated carbocycles. The molecular weight excluding hydrogens is 214 g/mol. The predicted octanol–water partition coefficient (Wildman–Crippen LogP) is 3.18. The Kier molecular flexibility index (Phi) is 1.77. The van der Waals surface area contributed by atoms with E-state index in [2.05, 4.69) is 28.1 Å². The quantitative estimate of drug-likeness (QED) is 0.680. The first-order valence-electron chi connectivity index (χ1n) is 3.71. The Morgan fingerprint density at radius 3 is 2.75 bits per heavy atom. The summed E-state index contributed by atoms with van der Waals surface area (Å²) in [5.74, 6) is 0. The summed E-state index contributed by atoms with van der Waals surface area (Å²) in [7, 11) is 0. The minimum Gasteiger partial charge on any atom is -0.398 e. The van der Waals surface area contributed by atoms with Gasteiger partial charge in [0.1, 0.15) is 0 Å². The van der Waals surface area contributed by atoms with E-state index in [0.717, 1.165) is 15.5 Å². The number of rotatable bonds is 0. The Balaban J connectivity index is 2.88. The van der Waals surface area contributed by atoms with Crippen molar-refractivity contribution >= 4 is 32.4 Å². The van der Waals surface area contributed by atoms with E-state index < -0.39 is 0 Å². The minimum absolute atomic E-state index is 0.828. The van der Waals surface area contributed by atoms with Gasteiger partial charge in [-0.2, -0.15) is 0 Å². The van der Waals surface area contributed by atoms with Crippen LogP contribution in [0.25, 0.3) is 10.8 Å². The first kappa shape index (κ1) is 7.62. The molecule has 0 spiro atoms. The van der Waals surface area contributed by atoms with Gasteiger partial charge >= 0.3 is 0 Å². The van der Waals surface area contributed by atoms with Crippen molar-refractivity contribution < 1.29 is 0 Å². The third-order valence-electron chi connectivity index (χ3n) is 1.88. The van der Waals surface area contributed by atoms with Crippen molar-refractivity contribution in [2.24, 2.45) is 0 Å². The number of nitrogens with two attached hydrogens (primary N) is 1. The fourth-order valence-electron chi connectivity index (χ4n) is 1.27. The zero-order valence-corrected chi connectivity index (χ0v) is 8.01. The van der Waals surface area contributed by atoms with E-state index in [4.69, 9.17) is 5.73 Å². The van der Waals surface area contributed by atoms with E-state index in [0.29, 0.717) is 0 Å². The van der Waals surface area contributed by atoms with Crippen LogP contribution in [0.15, 0.2) is 40.9 Å². The van der Waals surface area contributed by atoms with Gasteiger partial charge in [-0.1, -0.05) is 34.1 Å². The molecule has 0 aliphatic carbocycles. The van der Waals surface area contributed by atoms with Crippen LogP contribution in [0.4, 0.5) is 5.69 Å². The van der Waals surface area contributed by atoms with Gasteiger partial charge in [-0.15, -0.1) is 0 Å². The fourth-order valence-corrected chi connectivity index (χ4v) is 1.63. The molecule has 0 aromatic heterocycles. The predicted molar refractivity (Wildman–Crippen MR) is 56.1 cm³/mol. The van der Waals surface area contributed by atoms with Gasteiger partial charge in [-0.05, 0) is 23.6 Å². The topological polar surface area (TPSA) is 26.0 Å². The summed E-state index contributed by atoms with van der Waals surface area (Å²) in [4.78, 5) is 0. The van der Waals surface area contributed by atoms with E-state index in [1.165, 1.54) is 5.39 Å². The molecule has 2 heteroatoms. The van der Waals surface area contributed by atoms with Crippen LogP contribution in [0.2, 0.25) is 0 Å². The largest absolute Gasteiger partial charge is 0.398 e. The smallest absolute Gasteiger partial charge is 0.0394 e. The normalized spacial score (nSPS) is 10.4. The van der Waals surface area contributed by atoms with Gasteiger partial charge in [0.15, 0.2) is 0 Å². The molecule has 0 saturated heterocycles. The lowest BCUT2D eigenvalue weighted by Gasteiger charge is -2.01. The van der Waals surface area contributed by atoms with Gasteiger partial charge in [0.2, 0.25) is 0 Å². The summed E-state index contributed by atoms with van der Waals surface area (Å²) in [6.45, 7) is 0. The molecule has 0 aliphatic heterocycles. The summed E-state index contributed by atoms with van der Waals surface area (Å²) >= 11 is 3.41. The standard InChI is InChI=1S/C10H8BrN/c11-8-5-4-7-2-1-3-10(12)9(7)6-8/h1-6H,12H2. The molecule has 0 fully saturated rings. The lowest BCUT2D eigenvalue weighted by atomic mass is 10.1. The third-order valence-corrected chi connectivity index (χ3v) is 2.37. The molecule has 0 amide bonds. The summed E-state index contributed by atoms with van der Waals surface area (Å²) in [5.41, 5.74) is 6.63. The van der Waals surface area contributed by atoms with Gasteiger partial charge in [0, 0.05) is 15.5 Å². The second kappa shape index (κ2) is 2.79. The van der Waals surface area contributed by atoms with Crippen molar-refractivity contribution in [2.75, 3.05) is 5.73 Å². The van der Waals surface area contributed by atoms with E-state index >= 15 is 0 Å². The monoisotopic (exact) mass is 221 g/mol. The molecule has 2 rings (SSSR count). The number of benzene rings is 2. The van der Waals surface area contributed by atoms with E-state index in [9.17, 15) is 0 Å². The molecule has 0 heterocycles. The van der Waals surface area contributed by atoms with Crippen LogP contribution in [0.5, 0.6) is 0 Å². The van der Waals surface area contributed by atoms with Gasteiger partial charge in [0.05, 0.1) is 0 Å². The number of anilines is 1. The Bertz CT molecular complexity index is 423. The highest BCUT2D eigenvalue weighted by molar-refractivity contribution is 9.10. The van der Waals surface area contributed by atoms with Crippen LogP contribution < -0.4 is 5.73 Å². The summed E-state index contributed by atoms with van der Waals surface area (Å²) < 4.78 is 1.06. The second-order valence-corrected chi connectivity index (χ2v) is 3.63. The molecule has 2 aromatic carbocycles. The van der Waals surface area contributed by atoms with E-state index in [1.54, 1.807) is 0 Å². The average Bonchev–Trinajstić information content (AvgIpc) is 2.07. The first-order chi connectivity index (χ1) is 5.77. The molecule has 0 aliphatic rings. The number of halogens is 1. The van der Waals surface area contributed by atoms with Crippen LogP contribution >= 0.6 is 15.9 Å². The number of fused-ring (bicyclic) bond motifs is 1. The zero-order chi connectivity index (χ0) is 8.55. The van der Waals surface area contributed by atoms with Gasteiger partial charge in [-0.3, -0.25) is 0 Å². The maximum absolute atomic E-state index is 5.80. The summed E-state index contributed by atoms with van der Waals surface area (Å²) in [6.07, 6.45) is 0. The lowest BCUT2D eigenvalue weighted by molar-refractivity contribution is 1.69. The number of nitrogen functional groups attached to an aromatic ring is 1. The van der Waals surface area contributed by atoms with Crippen molar-refractivity contribution in [3.8, 4) is 0 Å². The Morgan fingerprint density at radius 1 is 1.08 bits per heavy atom. The summed E-state index contributed by atoms with van der Waals surface area (Å²) in [6, 6.07) is 12.0. The average molecular weight is 222 g/mol. The minimum atomic E-state index is 0.828. The van der Waals surface area contributed by atoms with Crippen LogP contribution in [0.3, 0.4) is 0 Å². The van der Waals surface area contributed by atoms with Crippen LogP contribution in [0.1, 0.15) is 0 Å². The highest BCUT2D eigenvalue weighted by atomic mass is 79.9. The molecule has 60 valence electrons. The molecule has 2 aromatic rings. The number of hydrogen-bond acceptors (Lipinski definition) is 1. The molecule has 12 heavy (non-hydrogen) atoms. The maximum Gasteiger partial charge on any atom is 0.0394 e. The molecule has 0 radical (unpaired) electrons. The van der Waals surface area contributed by atoms with Crippen molar-refractivity contribution in [1.82, 2.24) is 0 Å². The molecule has 1 nitrogen and oxygen atoms in total. The van der Waals surface area contributed by atoms with Crippen LogP contribution in [-0.2, 0) is 0 Å². The number of hydrogen-bond donors (Lipinski definition) is 1. The molecule has 2 N–H and O–H groups in total. The van der Waals surface area contributed by atoms with Crippen molar-refractivity contribution in [1.29, 1.82) is 0 Å². The van der Waals surface area contributed by atoms with E-state index in [1.807, 2.05) is 24.3 Å². The molecule has 0 atom stereocenters. The third kappa shape index (κ3) is 1.18. The van der Waals surface area contributed by atoms with Crippen molar-refractivity contribution in [3.05, 3.63) is 40.9 Å². The van der Waals surface area contributed by atoms with Crippen molar-refractivity contribution in [3.63, 3.8) is 0 Å². The Labute approximate surface area is 79.3 Å². The zero-order valence-electron chi connectivity index (χ0n) is 6.42. The SMILES string of the molecule is Nc1cccc2ccc(Br)cc12. The highest BCUT2D eigenvalue weighted by Gasteiger charge is 1.96. The Morgan fingerprint density at radius 2 is 1.92 bits per heavy atom. The van der Waals surface area contributed by atoms with Crippen molar-refractivity contribution in [2.45, 2.75) is 0 Å². The van der Waals surface area contributed by atoms with Crippen LogP contribution in [-0.4, -0.2) is 0 Å². The lowest BCUT2D eigenvalue weighted by Crippen LogP contribution is -1.85. The van der Waals surface area contributed by atoms with Gasteiger partial charge in [0.25, 0.3) is 0 Å². The van der Waals surface area contributed by atoms with Gasteiger partial charge < -0.3 is 5.73 Å². The fraction of sp³-hybridized carbons (Fsp3) is 0. The molecular formula is C10H8BrN. The van der Waals surface area contributed by atoms with Gasteiger partial charge in [-0.25, -0.2) is 0 Å². The van der Waals surface area contributed by atoms with E-state index in [-0.39, 0.29) is 0 Å². The highest BCUT2D eigenvalue weighted by Crippen LogP contribution is 2.24. The summed E-state index contributed by atoms with van der Waals surface area (Å²) in [5, 5.41) is 2.28.